The topological polar surface area (TPSA) is 71.2 Å². The lowest BCUT2D eigenvalue weighted by atomic mass is 10.0. The Balaban J connectivity index is 2.08. The molecule has 3 rings (SSSR count). The zero-order chi connectivity index (χ0) is 13.8. The molecule has 20 heavy (non-hydrogen) atoms. The second kappa shape index (κ2) is 5.59. The van der Waals surface area contributed by atoms with Crippen molar-refractivity contribution >= 4 is 5.71 Å². The van der Waals surface area contributed by atoms with E-state index in [4.69, 9.17) is 10.00 Å². The van der Waals surface area contributed by atoms with E-state index < -0.39 is 0 Å². The van der Waals surface area contributed by atoms with Gasteiger partial charge in [0.2, 0.25) is 0 Å². The van der Waals surface area contributed by atoms with Crippen LogP contribution in [0.1, 0.15) is 11.1 Å². The number of aromatic nitrogens is 2. The fourth-order valence-corrected chi connectivity index (χ4v) is 2.07. The van der Waals surface area contributed by atoms with Crippen molar-refractivity contribution < 1.29 is 4.74 Å². The van der Waals surface area contributed by atoms with E-state index in [2.05, 4.69) is 21.0 Å². The van der Waals surface area contributed by atoms with E-state index in [-0.39, 0.29) is 0 Å². The van der Waals surface area contributed by atoms with E-state index >= 15 is 0 Å². The van der Waals surface area contributed by atoms with Gasteiger partial charge in [0, 0.05) is 18.0 Å². The Morgan fingerprint density at radius 1 is 1.10 bits per heavy atom. The first kappa shape index (κ1) is 12.5. The molecule has 0 amide bonds. The Bertz CT molecular complexity index is 689. The predicted molar refractivity (Wildman–Crippen MR) is 74.4 cm³/mol. The summed E-state index contributed by atoms with van der Waals surface area (Å²) in [4.78, 5) is 12.9. The van der Waals surface area contributed by atoms with Crippen LogP contribution in [-0.4, -0.2) is 35.4 Å². The third kappa shape index (κ3) is 2.56. The van der Waals surface area contributed by atoms with Gasteiger partial charge in [0.05, 0.1) is 37.1 Å². The molecule has 0 radical (unpaired) electrons. The number of hydrogen-bond donors (Lipinski definition) is 0. The largest absolute Gasteiger partial charge is 0.373 e. The van der Waals surface area contributed by atoms with Crippen LogP contribution < -0.4 is 0 Å². The molecule has 0 saturated heterocycles. The Kier molecular flexibility index (Phi) is 3.48. The Hall–Kier alpha value is -2.58. The highest BCUT2D eigenvalue weighted by Gasteiger charge is 2.12. The molecular formula is C15H12N4O. The van der Waals surface area contributed by atoms with Gasteiger partial charge in [-0.1, -0.05) is 0 Å². The first-order valence-electron chi connectivity index (χ1n) is 6.31. The molecule has 98 valence electrons. The van der Waals surface area contributed by atoms with Crippen molar-refractivity contribution in [1.82, 2.24) is 9.97 Å². The molecule has 2 aromatic rings. The fraction of sp³-hybridized carbons (Fsp3) is 0.200. The molecule has 1 aliphatic rings. The van der Waals surface area contributed by atoms with Gasteiger partial charge in [-0.15, -0.1) is 0 Å². The molecule has 0 bridgehead atoms. The lowest BCUT2D eigenvalue weighted by Crippen LogP contribution is -2.19. The number of benzene rings is 1. The molecule has 2 heterocycles. The van der Waals surface area contributed by atoms with Crippen LogP contribution in [0.2, 0.25) is 0 Å². The molecule has 0 aliphatic carbocycles. The highest BCUT2D eigenvalue weighted by molar-refractivity contribution is 6.03. The monoisotopic (exact) mass is 264 g/mol. The van der Waals surface area contributed by atoms with Crippen LogP contribution >= 0.6 is 0 Å². The Morgan fingerprint density at radius 3 is 2.60 bits per heavy atom. The van der Waals surface area contributed by atoms with Crippen molar-refractivity contribution in [2.24, 2.45) is 4.99 Å². The van der Waals surface area contributed by atoms with Gasteiger partial charge in [0.25, 0.3) is 0 Å². The average Bonchev–Trinajstić information content (AvgIpc) is 2.56. The van der Waals surface area contributed by atoms with E-state index in [1.807, 2.05) is 12.1 Å². The molecule has 0 N–H and O–H groups in total. The first-order chi connectivity index (χ1) is 9.86. The van der Waals surface area contributed by atoms with Crippen LogP contribution in [0.15, 0.2) is 41.7 Å². The highest BCUT2D eigenvalue weighted by atomic mass is 16.5. The van der Waals surface area contributed by atoms with E-state index in [9.17, 15) is 0 Å². The molecule has 0 atom stereocenters. The van der Waals surface area contributed by atoms with E-state index in [0.29, 0.717) is 31.1 Å². The van der Waals surface area contributed by atoms with E-state index in [0.717, 1.165) is 16.8 Å². The quantitative estimate of drug-likeness (QED) is 0.829. The maximum Gasteiger partial charge on any atom is 0.159 e. The molecule has 5 nitrogen and oxygen atoms in total. The van der Waals surface area contributed by atoms with Crippen molar-refractivity contribution in [3.63, 3.8) is 0 Å². The fourth-order valence-electron chi connectivity index (χ4n) is 2.07. The molecule has 0 fully saturated rings. The first-order valence-corrected chi connectivity index (χ1v) is 6.31. The predicted octanol–water partition coefficient (Wildman–Crippen LogP) is 1.83. The number of aliphatic imine (C=N–C) groups is 1. The van der Waals surface area contributed by atoms with Crippen LogP contribution in [-0.2, 0) is 4.74 Å². The van der Waals surface area contributed by atoms with Gasteiger partial charge in [-0.05, 0) is 29.8 Å². The SMILES string of the molecule is N#Cc1cc(C2=NCCOC2)cc(-c2ncccn2)c1. The van der Waals surface area contributed by atoms with Gasteiger partial charge in [-0.2, -0.15) is 5.26 Å². The molecule has 1 aliphatic heterocycles. The molecule has 1 aromatic carbocycles. The van der Waals surface area contributed by atoms with Gasteiger partial charge in [-0.3, -0.25) is 4.99 Å². The minimum absolute atomic E-state index is 0.476. The summed E-state index contributed by atoms with van der Waals surface area (Å²) in [6.07, 6.45) is 3.37. The van der Waals surface area contributed by atoms with Gasteiger partial charge < -0.3 is 4.74 Å². The number of hydrogen-bond acceptors (Lipinski definition) is 5. The van der Waals surface area contributed by atoms with Gasteiger partial charge in [0.1, 0.15) is 0 Å². The minimum atomic E-state index is 0.476. The molecule has 0 saturated carbocycles. The number of nitriles is 1. The number of rotatable bonds is 2. The van der Waals surface area contributed by atoms with Gasteiger partial charge in [0.15, 0.2) is 5.82 Å². The van der Waals surface area contributed by atoms with Crippen LogP contribution in [0.25, 0.3) is 11.4 Å². The maximum absolute atomic E-state index is 9.17. The lowest BCUT2D eigenvalue weighted by molar-refractivity contribution is 0.171. The van der Waals surface area contributed by atoms with Crippen molar-refractivity contribution in [2.45, 2.75) is 0 Å². The zero-order valence-corrected chi connectivity index (χ0v) is 10.8. The Morgan fingerprint density at radius 2 is 1.90 bits per heavy atom. The van der Waals surface area contributed by atoms with Crippen LogP contribution in [0.3, 0.4) is 0 Å². The van der Waals surface area contributed by atoms with E-state index in [1.54, 1.807) is 24.5 Å². The third-order valence-corrected chi connectivity index (χ3v) is 3.00. The summed E-state index contributed by atoms with van der Waals surface area (Å²) >= 11 is 0. The minimum Gasteiger partial charge on any atom is -0.373 e. The van der Waals surface area contributed by atoms with Crippen LogP contribution in [0.5, 0.6) is 0 Å². The zero-order valence-electron chi connectivity index (χ0n) is 10.8. The van der Waals surface area contributed by atoms with Crippen molar-refractivity contribution in [1.29, 1.82) is 5.26 Å². The van der Waals surface area contributed by atoms with Crippen molar-refractivity contribution in [3.05, 3.63) is 47.8 Å². The lowest BCUT2D eigenvalue weighted by Gasteiger charge is -2.14. The maximum atomic E-state index is 9.17. The summed E-state index contributed by atoms with van der Waals surface area (Å²) in [5.41, 5.74) is 3.14. The molecule has 5 heteroatoms. The summed E-state index contributed by atoms with van der Waals surface area (Å²) in [6, 6.07) is 9.48. The van der Waals surface area contributed by atoms with E-state index in [1.165, 1.54) is 0 Å². The van der Waals surface area contributed by atoms with Crippen molar-refractivity contribution in [3.8, 4) is 17.5 Å². The standard InChI is InChI=1S/C15H12N4O/c16-9-11-6-12(14-10-20-5-4-17-14)8-13(7-11)15-18-2-1-3-19-15/h1-3,6-8H,4-5,10H2. The molecule has 0 unspecified atom stereocenters. The average molecular weight is 264 g/mol. The van der Waals surface area contributed by atoms with Crippen LogP contribution in [0.4, 0.5) is 0 Å². The van der Waals surface area contributed by atoms with Gasteiger partial charge >= 0.3 is 0 Å². The molecular weight excluding hydrogens is 252 g/mol. The van der Waals surface area contributed by atoms with Crippen LogP contribution in [0, 0.1) is 11.3 Å². The summed E-state index contributed by atoms with van der Waals surface area (Å²) < 4.78 is 5.41. The van der Waals surface area contributed by atoms with Gasteiger partial charge in [-0.25, -0.2) is 9.97 Å². The summed E-state index contributed by atoms with van der Waals surface area (Å²) in [5.74, 6) is 0.600. The summed E-state index contributed by atoms with van der Waals surface area (Å²) in [7, 11) is 0. The summed E-state index contributed by atoms with van der Waals surface area (Å²) in [6.45, 7) is 1.78. The third-order valence-electron chi connectivity index (χ3n) is 3.00. The smallest absolute Gasteiger partial charge is 0.159 e. The second-order valence-electron chi connectivity index (χ2n) is 4.36. The number of ether oxygens (including phenoxy) is 1. The number of nitrogens with zero attached hydrogens (tertiary/aromatic N) is 4. The molecule has 0 spiro atoms. The molecule has 1 aromatic heterocycles. The summed E-state index contributed by atoms with van der Waals surface area (Å²) in [5, 5.41) is 9.17. The Labute approximate surface area is 116 Å². The van der Waals surface area contributed by atoms with Crippen molar-refractivity contribution in [2.75, 3.05) is 19.8 Å². The normalized spacial score (nSPS) is 14.4. The highest BCUT2D eigenvalue weighted by Crippen LogP contribution is 2.20. The second-order valence-corrected chi connectivity index (χ2v) is 4.36.